The van der Waals surface area contributed by atoms with Crippen LogP contribution >= 0.6 is 0 Å². The summed E-state index contributed by atoms with van der Waals surface area (Å²) in [6.45, 7) is 9.48. The summed E-state index contributed by atoms with van der Waals surface area (Å²) in [5, 5.41) is 9.16. The highest BCUT2D eigenvalue weighted by atomic mass is 16.4. The summed E-state index contributed by atoms with van der Waals surface area (Å²) >= 11 is 0. The average Bonchev–Trinajstić information content (AvgIpc) is 2.32. The Hall–Kier alpha value is -1.58. The standard InChI is InChI=1S/C15H22N2O2/c1-9-5-10(2)12(4)17(8-9)14-7-13(15(18)19)6-11(3)16-14/h6-7,9-10,12H,5,8H2,1-4H3,(H,18,19). The molecular weight excluding hydrogens is 240 g/mol. The molecule has 1 aliphatic heterocycles. The highest BCUT2D eigenvalue weighted by molar-refractivity contribution is 5.88. The minimum absolute atomic E-state index is 0.320. The summed E-state index contributed by atoms with van der Waals surface area (Å²) in [4.78, 5) is 17.9. The number of aromatic nitrogens is 1. The normalized spacial score (nSPS) is 27.4. The minimum Gasteiger partial charge on any atom is -0.478 e. The Bertz CT molecular complexity index is 487. The van der Waals surface area contributed by atoms with Crippen LogP contribution in [0.4, 0.5) is 5.82 Å². The summed E-state index contributed by atoms with van der Waals surface area (Å²) in [5.74, 6) is 1.11. The van der Waals surface area contributed by atoms with Gasteiger partial charge in [0.05, 0.1) is 5.56 Å². The van der Waals surface area contributed by atoms with E-state index < -0.39 is 5.97 Å². The molecule has 19 heavy (non-hydrogen) atoms. The molecule has 1 saturated heterocycles. The number of carbonyl (C=O) groups is 1. The van der Waals surface area contributed by atoms with Gasteiger partial charge in [0.25, 0.3) is 0 Å². The molecule has 1 N–H and O–H groups in total. The van der Waals surface area contributed by atoms with Crippen molar-refractivity contribution < 1.29 is 9.90 Å². The highest BCUT2D eigenvalue weighted by Crippen LogP contribution is 2.30. The number of aromatic carboxylic acids is 1. The van der Waals surface area contributed by atoms with Crippen LogP contribution in [0.1, 0.15) is 43.2 Å². The minimum atomic E-state index is -0.891. The summed E-state index contributed by atoms with van der Waals surface area (Å²) in [6.07, 6.45) is 1.22. The van der Waals surface area contributed by atoms with Crippen molar-refractivity contribution in [3.8, 4) is 0 Å². The molecule has 2 heterocycles. The first kappa shape index (κ1) is 13.8. The first-order valence-corrected chi connectivity index (χ1v) is 6.87. The molecule has 0 radical (unpaired) electrons. The van der Waals surface area contributed by atoms with Crippen molar-refractivity contribution in [3.63, 3.8) is 0 Å². The van der Waals surface area contributed by atoms with Crippen LogP contribution in [0.3, 0.4) is 0 Å². The Labute approximate surface area is 114 Å². The Balaban J connectivity index is 2.37. The van der Waals surface area contributed by atoms with E-state index in [0.717, 1.165) is 18.1 Å². The summed E-state index contributed by atoms with van der Waals surface area (Å²) < 4.78 is 0. The number of carboxylic acid groups (broad SMARTS) is 1. The van der Waals surface area contributed by atoms with E-state index in [4.69, 9.17) is 5.11 Å². The van der Waals surface area contributed by atoms with Gasteiger partial charge >= 0.3 is 5.97 Å². The number of hydrogen-bond donors (Lipinski definition) is 1. The lowest BCUT2D eigenvalue weighted by atomic mass is 9.86. The fourth-order valence-corrected chi connectivity index (χ4v) is 2.94. The van der Waals surface area contributed by atoms with Gasteiger partial charge in [0, 0.05) is 18.3 Å². The molecule has 3 unspecified atom stereocenters. The van der Waals surface area contributed by atoms with Gasteiger partial charge in [-0.25, -0.2) is 9.78 Å². The van der Waals surface area contributed by atoms with E-state index in [-0.39, 0.29) is 0 Å². The number of hydrogen-bond acceptors (Lipinski definition) is 3. The third kappa shape index (κ3) is 2.88. The number of carboxylic acids is 1. The molecule has 4 heteroatoms. The summed E-state index contributed by atoms with van der Waals surface area (Å²) in [5.41, 5.74) is 1.08. The van der Waals surface area contributed by atoms with E-state index in [1.165, 1.54) is 6.42 Å². The molecule has 0 saturated carbocycles. The second-order valence-electron chi connectivity index (χ2n) is 5.87. The van der Waals surface area contributed by atoms with Crippen LogP contribution in [-0.4, -0.2) is 28.6 Å². The fourth-order valence-electron chi connectivity index (χ4n) is 2.94. The van der Waals surface area contributed by atoms with E-state index in [9.17, 15) is 4.79 Å². The third-order valence-electron chi connectivity index (χ3n) is 4.08. The quantitative estimate of drug-likeness (QED) is 0.890. The number of piperidine rings is 1. The van der Waals surface area contributed by atoms with Crippen LogP contribution in [0.15, 0.2) is 12.1 Å². The summed E-state index contributed by atoms with van der Waals surface area (Å²) in [6, 6.07) is 3.70. The van der Waals surface area contributed by atoms with Crippen molar-refractivity contribution in [1.29, 1.82) is 0 Å². The Morgan fingerprint density at radius 2 is 2.05 bits per heavy atom. The monoisotopic (exact) mass is 262 g/mol. The van der Waals surface area contributed by atoms with Crippen LogP contribution in [-0.2, 0) is 0 Å². The van der Waals surface area contributed by atoms with Crippen LogP contribution in [0.2, 0.25) is 0 Å². The molecule has 1 fully saturated rings. The van der Waals surface area contributed by atoms with Crippen molar-refractivity contribution in [1.82, 2.24) is 4.98 Å². The maximum atomic E-state index is 11.2. The number of aryl methyl sites for hydroxylation is 1. The lowest BCUT2D eigenvalue weighted by Crippen LogP contribution is -2.46. The predicted molar refractivity (Wildman–Crippen MR) is 75.7 cm³/mol. The van der Waals surface area contributed by atoms with Gasteiger partial charge in [-0.05, 0) is 44.2 Å². The van der Waals surface area contributed by atoms with Crippen LogP contribution in [0.5, 0.6) is 0 Å². The zero-order chi connectivity index (χ0) is 14.2. The van der Waals surface area contributed by atoms with Crippen molar-refractivity contribution in [2.24, 2.45) is 11.8 Å². The largest absolute Gasteiger partial charge is 0.478 e. The molecule has 1 aliphatic rings. The van der Waals surface area contributed by atoms with Gasteiger partial charge in [0.2, 0.25) is 0 Å². The van der Waals surface area contributed by atoms with E-state index in [0.29, 0.717) is 23.4 Å². The predicted octanol–water partition coefficient (Wildman–Crippen LogP) is 2.96. The number of anilines is 1. The molecule has 0 bridgehead atoms. The van der Waals surface area contributed by atoms with Gasteiger partial charge in [0.15, 0.2) is 0 Å². The zero-order valence-corrected chi connectivity index (χ0v) is 12.1. The molecule has 104 valence electrons. The van der Waals surface area contributed by atoms with Crippen LogP contribution < -0.4 is 4.90 Å². The number of pyridine rings is 1. The number of rotatable bonds is 2. The second-order valence-corrected chi connectivity index (χ2v) is 5.87. The average molecular weight is 262 g/mol. The molecule has 1 aromatic rings. The van der Waals surface area contributed by atoms with Gasteiger partial charge < -0.3 is 10.0 Å². The topological polar surface area (TPSA) is 53.4 Å². The van der Waals surface area contributed by atoms with E-state index >= 15 is 0 Å². The molecule has 0 spiro atoms. The van der Waals surface area contributed by atoms with Gasteiger partial charge in [-0.1, -0.05) is 13.8 Å². The summed E-state index contributed by atoms with van der Waals surface area (Å²) in [7, 11) is 0. The lowest BCUT2D eigenvalue weighted by Gasteiger charge is -2.42. The SMILES string of the molecule is Cc1cc(C(=O)O)cc(N2CC(C)CC(C)C2C)n1. The van der Waals surface area contributed by atoms with Gasteiger partial charge in [-0.2, -0.15) is 0 Å². The van der Waals surface area contributed by atoms with Crippen molar-refractivity contribution in [2.75, 3.05) is 11.4 Å². The van der Waals surface area contributed by atoms with E-state index in [1.54, 1.807) is 12.1 Å². The molecule has 4 nitrogen and oxygen atoms in total. The zero-order valence-electron chi connectivity index (χ0n) is 12.1. The van der Waals surface area contributed by atoms with Crippen molar-refractivity contribution >= 4 is 11.8 Å². The molecule has 3 atom stereocenters. The fraction of sp³-hybridized carbons (Fsp3) is 0.600. The third-order valence-corrected chi connectivity index (χ3v) is 4.08. The number of nitrogens with zero attached hydrogens (tertiary/aromatic N) is 2. The van der Waals surface area contributed by atoms with Crippen molar-refractivity contribution in [2.45, 2.75) is 40.2 Å². The Kier molecular flexibility index (Phi) is 3.78. The van der Waals surface area contributed by atoms with E-state index in [1.807, 2.05) is 6.92 Å². The molecule has 0 aliphatic carbocycles. The molecule has 0 amide bonds. The Morgan fingerprint density at radius 3 is 2.68 bits per heavy atom. The first-order valence-electron chi connectivity index (χ1n) is 6.87. The van der Waals surface area contributed by atoms with E-state index in [2.05, 4.69) is 30.7 Å². The molecular formula is C15H22N2O2. The van der Waals surface area contributed by atoms with Gasteiger partial charge in [0.1, 0.15) is 5.82 Å². The molecule has 0 aromatic carbocycles. The van der Waals surface area contributed by atoms with Crippen LogP contribution in [0.25, 0.3) is 0 Å². The Morgan fingerprint density at radius 1 is 1.37 bits per heavy atom. The van der Waals surface area contributed by atoms with Gasteiger partial charge in [-0.15, -0.1) is 0 Å². The lowest BCUT2D eigenvalue weighted by molar-refractivity contribution is 0.0696. The van der Waals surface area contributed by atoms with Gasteiger partial charge in [-0.3, -0.25) is 0 Å². The first-order chi connectivity index (χ1) is 8.88. The maximum Gasteiger partial charge on any atom is 0.335 e. The molecule has 1 aromatic heterocycles. The van der Waals surface area contributed by atoms with Crippen LogP contribution in [0, 0.1) is 18.8 Å². The smallest absolute Gasteiger partial charge is 0.335 e. The van der Waals surface area contributed by atoms with Crippen molar-refractivity contribution in [3.05, 3.63) is 23.4 Å². The highest BCUT2D eigenvalue weighted by Gasteiger charge is 2.30. The molecule has 2 rings (SSSR count). The maximum absolute atomic E-state index is 11.2. The second kappa shape index (κ2) is 5.19.